The van der Waals surface area contributed by atoms with Gasteiger partial charge in [-0.1, -0.05) is 47.1 Å². The van der Waals surface area contributed by atoms with E-state index in [2.05, 4.69) is 46.8 Å². The van der Waals surface area contributed by atoms with Gasteiger partial charge in [0.1, 0.15) is 18.4 Å². The van der Waals surface area contributed by atoms with Gasteiger partial charge in [-0.15, -0.1) is 0 Å². The molecule has 10 heteroatoms. The van der Waals surface area contributed by atoms with Gasteiger partial charge in [0.25, 0.3) is 0 Å². The molecule has 1 fully saturated rings. The first kappa shape index (κ1) is 26.2. The molecule has 0 bridgehead atoms. The van der Waals surface area contributed by atoms with Crippen molar-refractivity contribution in [1.82, 2.24) is 10.3 Å². The number of aryl methyl sites for hydroxylation is 1. The molecule has 2 N–H and O–H groups in total. The van der Waals surface area contributed by atoms with E-state index in [1.54, 1.807) is 30.1 Å². The third-order valence-electron chi connectivity index (χ3n) is 6.01. The van der Waals surface area contributed by atoms with E-state index in [0.717, 1.165) is 27.1 Å². The van der Waals surface area contributed by atoms with Gasteiger partial charge >= 0.3 is 0 Å². The molecule has 1 aliphatic heterocycles. The number of hydrogen-bond donors (Lipinski definition) is 2. The molecular formula is C28H25ClN4O3S2. The van der Waals surface area contributed by atoms with Crippen molar-refractivity contribution < 1.29 is 13.9 Å². The van der Waals surface area contributed by atoms with Crippen LogP contribution in [0.3, 0.4) is 0 Å². The highest BCUT2D eigenvalue weighted by Crippen LogP contribution is 2.44. The fraction of sp³-hybridized carbons (Fsp3) is 0.179. The summed E-state index contributed by atoms with van der Waals surface area (Å²) >= 11 is 13.9. The maximum absolute atomic E-state index is 12.0. The van der Waals surface area contributed by atoms with Gasteiger partial charge < -0.3 is 24.7 Å². The highest BCUT2D eigenvalue weighted by molar-refractivity contribution is 7.99. The van der Waals surface area contributed by atoms with Crippen LogP contribution in [-0.2, 0) is 9.53 Å². The van der Waals surface area contributed by atoms with Crippen molar-refractivity contribution in [2.75, 3.05) is 23.9 Å². The molecule has 4 aromatic rings. The molecule has 1 saturated heterocycles. The van der Waals surface area contributed by atoms with Gasteiger partial charge in [-0.25, -0.2) is 0 Å². The summed E-state index contributed by atoms with van der Waals surface area (Å²) in [5.74, 6) is 0.444. The Balaban J connectivity index is 1.48. The Morgan fingerprint density at radius 3 is 2.71 bits per heavy atom. The first-order chi connectivity index (χ1) is 18.4. The second-order valence-electron chi connectivity index (χ2n) is 8.71. The quantitative estimate of drug-likeness (QED) is 0.233. The lowest BCUT2D eigenvalue weighted by molar-refractivity contribution is -0.119. The minimum Gasteiger partial charge on any atom is -0.452 e. The number of amides is 1. The fourth-order valence-corrected chi connectivity index (χ4v) is 5.61. The average molecular weight is 565 g/mol. The minimum atomic E-state index is -0.324. The number of nitrogens with zero attached hydrogens (tertiary/aromatic N) is 2. The summed E-state index contributed by atoms with van der Waals surface area (Å²) < 4.78 is 11.3. The number of anilines is 2. The summed E-state index contributed by atoms with van der Waals surface area (Å²) in [5, 5.41) is 7.84. The summed E-state index contributed by atoms with van der Waals surface area (Å²) in [6.07, 6.45) is 1.76. The number of pyridine rings is 1. The van der Waals surface area contributed by atoms with Crippen LogP contribution in [0.25, 0.3) is 0 Å². The molecule has 1 aliphatic rings. The highest BCUT2D eigenvalue weighted by atomic mass is 35.5. The van der Waals surface area contributed by atoms with E-state index in [1.165, 1.54) is 12.7 Å². The number of furan rings is 1. The van der Waals surface area contributed by atoms with E-state index < -0.39 is 0 Å². The number of aromatic nitrogens is 1. The Hall–Kier alpha value is -3.37. The normalized spacial score (nSPS) is 16.9. The van der Waals surface area contributed by atoms with Crippen molar-refractivity contribution in [3.8, 4) is 0 Å². The van der Waals surface area contributed by atoms with Crippen molar-refractivity contribution in [3.05, 3.63) is 101 Å². The summed E-state index contributed by atoms with van der Waals surface area (Å²) in [5.41, 5.74) is 3.28. The number of carbonyl (C=O) groups excluding carboxylic acids is 1. The van der Waals surface area contributed by atoms with Gasteiger partial charge in [0.05, 0.1) is 22.4 Å². The largest absolute Gasteiger partial charge is 0.452 e. The Labute approximate surface area is 235 Å². The van der Waals surface area contributed by atoms with Crippen molar-refractivity contribution >= 4 is 58.0 Å². The molecule has 0 saturated carbocycles. The number of benzene rings is 2. The number of carbonyl (C=O) groups is 1. The standard InChI is InChI=1S/C28H25ClN4O3S2/c1-17-6-9-19(10-7-17)38-25-13-12-23(36-25)27-26(22-5-3-4-14-30-22)32-28(37)33(27)18-8-11-21(20(29)15-18)31-24(34)16-35-2/h3-15,26-27H,16H2,1-2H3,(H,31,34)(H,32,37). The number of nitrogens with one attached hydrogen (secondary N) is 2. The van der Waals surface area contributed by atoms with Gasteiger partial charge in [-0.05, 0) is 73.7 Å². The van der Waals surface area contributed by atoms with Crippen molar-refractivity contribution in [3.63, 3.8) is 0 Å². The Morgan fingerprint density at radius 1 is 1.18 bits per heavy atom. The molecular weight excluding hydrogens is 540 g/mol. The molecule has 2 atom stereocenters. The fourth-order valence-electron chi connectivity index (χ4n) is 4.27. The van der Waals surface area contributed by atoms with Gasteiger partial charge in [0.15, 0.2) is 10.2 Å². The van der Waals surface area contributed by atoms with E-state index in [1.807, 2.05) is 41.3 Å². The zero-order chi connectivity index (χ0) is 26.6. The maximum Gasteiger partial charge on any atom is 0.250 e. The molecule has 7 nitrogen and oxygen atoms in total. The topological polar surface area (TPSA) is 79.6 Å². The molecule has 3 heterocycles. The van der Waals surface area contributed by atoms with Crippen LogP contribution in [0.5, 0.6) is 0 Å². The van der Waals surface area contributed by atoms with E-state index in [4.69, 9.17) is 33.0 Å². The SMILES string of the molecule is COCC(=O)Nc1ccc(N2C(=S)NC(c3ccccn3)C2c2ccc(Sc3ccc(C)cc3)o2)cc1Cl. The second-order valence-corrected chi connectivity index (χ2v) is 10.6. The lowest BCUT2D eigenvalue weighted by Gasteiger charge is -2.26. The number of halogens is 1. The van der Waals surface area contributed by atoms with E-state index >= 15 is 0 Å². The molecule has 0 aliphatic carbocycles. The molecule has 2 unspecified atom stereocenters. The molecule has 38 heavy (non-hydrogen) atoms. The van der Waals surface area contributed by atoms with Crippen LogP contribution in [0.2, 0.25) is 5.02 Å². The minimum absolute atomic E-state index is 0.0620. The summed E-state index contributed by atoms with van der Waals surface area (Å²) in [6.45, 7) is 2.00. The average Bonchev–Trinajstić information content (AvgIpc) is 3.51. The van der Waals surface area contributed by atoms with Crippen LogP contribution >= 0.6 is 35.6 Å². The van der Waals surface area contributed by atoms with Crippen molar-refractivity contribution in [2.24, 2.45) is 0 Å². The molecule has 2 aromatic heterocycles. The van der Waals surface area contributed by atoms with Crippen LogP contribution in [0, 0.1) is 6.92 Å². The van der Waals surface area contributed by atoms with Crippen molar-refractivity contribution in [1.29, 1.82) is 0 Å². The van der Waals surface area contributed by atoms with Crippen LogP contribution in [0.1, 0.15) is 29.1 Å². The van der Waals surface area contributed by atoms with Crippen LogP contribution in [0.4, 0.5) is 11.4 Å². The summed E-state index contributed by atoms with van der Waals surface area (Å²) in [6, 6.07) is 22.8. The van der Waals surface area contributed by atoms with E-state index in [0.29, 0.717) is 15.8 Å². The molecule has 2 aromatic carbocycles. The molecule has 194 valence electrons. The third-order valence-corrected chi connectivity index (χ3v) is 7.57. The van der Waals surface area contributed by atoms with Gasteiger partial charge in [0.2, 0.25) is 5.91 Å². The molecule has 0 radical (unpaired) electrons. The summed E-state index contributed by atoms with van der Waals surface area (Å²) in [7, 11) is 1.46. The van der Waals surface area contributed by atoms with E-state index in [-0.39, 0.29) is 24.6 Å². The van der Waals surface area contributed by atoms with Crippen molar-refractivity contribution in [2.45, 2.75) is 29.0 Å². The smallest absolute Gasteiger partial charge is 0.250 e. The van der Waals surface area contributed by atoms with Gasteiger partial charge in [-0.2, -0.15) is 0 Å². The first-order valence-corrected chi connectivity index (χ1v) is 13.5. The Morgan fingerprint density at radius 2 is 2.00 bits per heavy atom. The monoisotopic (exact) mass is 564 g/mol. The number of ether oxygens (including phenoxy) is 1. The molecule has 0 spiro atoms. The lowest BCUT2D eigenvalue weighted by atomic mass is 10.0. The van der Waals surface area contributed by atoms with Crippen LogP contribution in [-0.4, -0.2) is 29.7 Å². The third kappa shape index (κ3) is 5.71. The Bertz CT molecular complexity index is 1450. The highest BCUT2D eigenvalue weighted by Gasteiger charge is 2.42. The molecule has 5 rings (SSSR count). The zero-order valence-electron chi connectivity index (χ0n) is 20.7. The zero-order valence-corrected chi connectivity index (χ0v) is 23.1. The second kappa shape index (κ2) is 11.6. The first-order valence-electron chi connectivity index (χ1n) is 11.9. The molecule has 1 amide bonds. The Kier molecular flexibility index (Phi) is 7.99. The van der Waals surface area contributed by atoms with Gasteiger partial charge in [-0.3, -0.25) is 9.78 Å². The lowest BCUT2D eigenvalue weighted by Crippen LogP contribution is -2.29. The predicted octanol–water partition coefficient (Wildman–Crippen LogP) is 6.55. The number of rotatable bonds is 8. The summed E-state index contributed by atoms with van der Waals surface area (Å²) in [4.78, 5) is 19.6. The number of thiocarbonyl (C=S) groups is 1. The number of hydrogen-bond acceptors (Lipinski definition) is 6. The van der Waals surface area contributed by atoms with Crippen LogP contribution < -0.4 is 15.5 Å². The van der Waals surface area contributed by atoms with Gasteiger partial charge in [0, 0.05) is 23.9 Å². The maximum atomic E-state index is 12.0. The number of methoxy groups -OCH3 is 1. The van der Waals surface area contributed by atoms with E-state index in [9.17, 15) is 4.79 Å². The predicted molar refractivity (Wildman–Crippen MR) is 154 cm³/mol. The van der Waals surface area contributed by atoms with Crippen LogP contribution in [0.15, 0.2) is 93.4 Å².